The second kappa shape index (κ2) is 14.2. The van der Waals surface area contributed by atoms with E-state index >= 15 is 0 Å². The molecule has 0 spiro atoms. The number of rotatable bonds is 9. The molecule has 0 bridgehead atoms. The lowest BCUT2D eigenvalue weighted by Gasteiger charge is -2.17. The third-order valence-electron chi connectivity index (χ3n) is 10.4. The predicted octanol–water partition coefficient (Wildman–Crippen LogP) is 13.5. The molecule has 0 aliphatic heterocycles. The van der Waals surface area contributed by atoms with E-state index in [1.54, 1.807) is 14.2 Å². The Morgan fingerprint density at radius 2 is 0.885 bits per heavy atom. The molecule has 0 aliphatic carbocycles. The maximum absolute atomic E-state index is 6.02. The Morgan fingerprint density at radius 3 is 1.44 bits per heavy atom. The normalized spacial score (nSPS) is 11.5. The number of aryl methyl sites for hydroxylation is 2. The van der Waals surface area contributed by atoms with Gasteiger partial charge in [-0.3, -0.25) is 0 Å². The number of benzene rings is 8. The lowest BCUT2D eigenvalue weighted by atomic mass is 9.90. The SMILES string of the molecule is CCc1c(-c2ccc(-c3ccccc3)cc2)cc(OC)c2cc(C=Cc3ccc4c(CC)c(-c5ccc6ccccc6c5)cc(OC)c4c3)ccc12. The molecule has 0 atom stereocenters. The zero-order valence-corrected chi connectivity index (χ0v) is 30.2. The van der Waals surface area contributed by atoms with Crippen LogP contribution in [-0.2, 0) is 12.8 Å². The van der Waals surface area contributed by atoms with Crippen molar-refractivity contribution in [3.63, 3.8) is 0 Å². The molecule has 2 heteroatoms. The zero-order valence-electron chi connectivity index (χ0n) is 30.2. The summed E-state index contributed by atoms with van der Waals surface area (Å²) >= 11 is 0. The van der Waals surface area contributed by atoms with Crippen LogP contribution < -0.4 is 9.47 Å². The third kappa shape index (κ3) is 6.11. The van der Waals surface area contributed by atoms with Crippen LogP contribution in [0, 0.1) is 0 Å². The molecule has 8 aromatic carbocycles. The third-order valence-corrected chi connectivity index (χ3v) is 10.4. The Balaban J connectivity index is 1.13. The summed E-state index contributed by atoms with van der Waals surface area (Å²) in [6.45, 7) is 4.47. The monoisotopic (exact) mass is 674 g/mol. The predicted molar refractivity (Wildman–Crippen MR) is 222 cm³/mol. The molecule has 254 valence electrons. The Labute approximate surface area is 306 Å². The van der Waals surface area contributed by atoms with E-state index in [-0.39, 0.29) is 0 Å². The number of methoxy groups -OCH3 is 2. The van der Waals surface area contributed by atoms with Crippen LogP contribution in [0.1, 0.15) is 36.1 Å². The molecule has 0 aliphatic rings. The van der Waals surface area contributed by atoms with Gasteiger partial charge in [0.15, 0.2) is 0 Å². The van der Waals surface area contributed by atoms with Gasteiger partial charge in [0.1, 0.15) is 11.5 Å². The first-order chi connectivity index (χ1) is 25.6. The number of ether oxygens (including phenoxy) is 2. The van der Waals surface area contributed by atoms with Gasteiger partial charge in [-0.25, -0.2) is 0 Å². The summed E-state index contributed by atoms with van der Waals surface area (Å²) in [5.74, 6) is 1.77. The first-order valence-corrected chi connectivity index (χ1v) is 18.2. The lowest BCUT2D eigenvalue weighted by molar-refractivity contribution is 0.420. The summed E-state index contributed by atoms with van der Waals surface area (Å²) in [6, 6.07) is 52.5. The molecule has 8 aromatic rings. The van der Waals surface area contributed by atoms with E-state index in [0.29, 0.717) is 0 Å². The van der Waals surface area contributed by atoms with E-state index in [0.717, 1.165) is 46.2 Å². The van der Waals surface area contributed by atoms with Gasteiger partial charge in [-0.2, -0.15) is 0 Å². The van der Waals surface area contributed by atoms with Gasteiger partial charge >= 0.3 is 0 Å². The van der Waals surface area contributed by atoms with Crippen LogP contribution in [0.25, 0.3) is 77.9 Å². The molecule has 2 nitrogen and oxygen atoms in total. The minimum absolute atomic E-state index is 0.884. The van der Waals surface area contributed by atoms with E-state index in [4.69, 9.17) is 9.47 Å². The molecular weight excluding hydrogens is 633 g/mol. The number of hydrogen-bond acceptors (Lipinski definition) is 2. The topological polar surface area (TPSA) is 18.5 Å². The summed E-state index contributed by atoms with van der Waals surface area (Å²) in [6.07, 6.45) is 6.24. The molecule has 0 unspecified atom stereocenters. The van der Waals surface area contributed by atoms with Gasteiger partial charge in [0.05, 0.1) is 14.2 Å². The van der Waals surface area contributed by atoms with Crippen LogP contribution in [0.5, 0.6) is 11.5 Å². The Morgan fingerprint density at radius 1 is 0.404 bits per heavy atom. The fraction of sp³-hybridized carbons (Fsp3) is 0.120. The Kier molecular flexibility index (Phi) is 9.05. The highest BCUT2D eigenvalue weighted by molar-refractivity contribution is 6.00. The average Bonchev–Trinajstić information content (AvgIpc) is 3.21. The highest BCUT2D eigenvalue weighted by Gasteiger charge is 2.16. The molecule has 52 heavy (non-hydrogen) atoms. The summed E-state index contributed by atoms with van der Waals surface area (Å²) in [4.78, 5) is 0. The number of fused-ring (bicyclic) bond motifs is 3. The van der Waals surface area contributed by atoms with Crippen molar-refractivity contribution in [3.05, 3.63) is 168 Å². The average molecular weight is 675 g/mol. The van der Waals surface area contributed by atoms with Gasteiger partial charge in [-0.1, -0.05) is 141 Å². The molecule has 0 N–H and O–H groups in total. The van der Waals surface area contributed by atoms with Gasteiger partial charge in [0.2, 0.25) is 0 Å². The van der Waals surface area contributed by atoms with Crippen molar-refractivity contribution in [2.45, 2.75) is 26.7 Å². The molecule has 0 aromatic heterocycles. The molecule has 8 rings (SSSR count). The first kappa shape index (κ1) is 33.0. The van der Waals surface area contributed by atoms with E-state index in [1.165, 1.54) is 66.1 Å². The standard InChI is InChI=1S/C50H42O2/c1-5-41-43-26-18-33(28-47(43)49(51-3)31-45(41)38-23-20-37(21-24-38)35-12-8-7-9-13-35)16-17-34-19-27-44-42(6-2)46(32-50(52-4)48(44)29-34)40-25-22-36-14-10-11-15-39(36)30-40/h7-32H,5-6H2,1-4H3. The van der Waals surface area contributed by atoms with E-state index < -0.39 is 0 Å². The molecule has 0 fully saturated rings. The highest BCUT2D eigenvalue weighted by atomic mass is 16.5. The van der Waals surface area contributed by atoms with Crippen LogP contribution in [0.15, 0.2) is 146 Å². The van der Waals surface area contributed by atoms with Crippen molar-refractivity contribution >= 4 is 44.5 Å². The van der Waals surface area contributed by atoms with Crippen LogP contribution >= 0.6 is 0 Å². The molecular formula is C50H42O2. The molecule has 0 heterocycles. The summed E-state index contributed by atoms with van der Waals surface area (Å²) < 4.78 is 12.0. The minimum atomic E-state index is 0.884. The fourth-order valence-electron chi connectivity index (χ4n) is 7.78. The van der Waals surface area contributed by atoms with Gasteiger partial charge in [0.25, 0.3) is 0 Å². The van der Waals surface area contributed by atoms with Gasteiger partial charge in [-0.15, -0.1) is 0 Å². The minimum Gasteiger partial charge on any atom is -0.496 e. The van der Waals surface area contributed by atoms with Crippen LogP contribution in [0.3, 0.4) is 0 Å². The molecule has 0 saturated heterocycles. The van der Waals surface area contributed by atoms with Gasteiger partial charge < -0.3 is 9.47 Å². The van der Waals surface area contributed by atoms with E-state index in [2.05, 4.69) is 172 Å². The smallest absolute Gasteiger partial charge is 0.127 e. The van der Waals surface area contributed by atoms with Gasteiger partial charge in [0, 0.05) is 10.8 Å². The number of hydrogen-bond donors (Lipinski definition) is 0. The van der Waals surface area contributed by atoms with Crippen molar-refractivity contribution in [3.8, 4) is 44.9 Å². The van der Waals surface area contributed by atoms with Crippen molar-refractivity contribution in [2.75, 3.05) is 14.2 Å². The fourth-order valence-corrected chi connectivity index (χ4v) is 7.78. The van der Waals surface area contributed by atoms with E-state index in [9.17, 15) is 0 Å². The maximum Gasteiger partial charge on any atom is 0.127 e. The lowest BCUT2D eigenvalue weighted by Crippen LogP contribution is -1.95. The molecule has 0 amide bonds. The summed E-state index contributed by atoms with van der Waals surface area (Å²) in [7, 11) is 3.54. The van der Waals surface area contributed by atoms with E-state index in [1.807, 2.05) is 0 Å². The Hall–Kier alpha value is -6.12. The summed E-state index contributed by atoms with van der Waals surface area (Å²) in [5.41, 5.74) is 12.2. The second-order valence-electron chi connectivity index (χ2n) is 13.4. The van der Waals surface area contributed by atoms with Crippen molar-refractivity contribution in [2.24, 2.45) is 0 Å². The maximum atomic E-state index is 6.02. The highest BCUT2D eigenvalue weighted by Crippen LogP contribution is 2.40. The second-order valence-corrected chi connectivity index (χ2v) is 13.4. The van der Waals surface area contributed by atoms with Crippen LogP contribution in [-0.4, -0.2) is 14.2 Å². The molecule has 0 saturated carbocycles. The largest absolute Gasteiger partial charge is 0.496 e. The van der Waals surface area contributed by atoms with Crippen LogP contribution in [0.2, 0.25) is 0 Å². The first-order valence-electron chi connectivity index (χ1n) is 18.2. The summed E-state index contributed by atoms with van der Waals surface area (Å²) in [5, 5.41) is 7.20. The van der Waals surface area contributed by atoms with Crippen molar-refractivity contribution < 1.29 is 9.47 Å². The zero-order chi connectivity index (χ0) is 35.6. The quantitative estimate of drug-likeness (QED) is 0.142. The molecule has 0 radical (unpaired) electrons. The van der Waals surface area contributed by atoms with Crippen molar-refractivity contribution in [1.82, 2.24) is 0 Å². The van der Waals surface area contributed by atoms with Gasteiger partial charge in [-0.05, 0) is 120 Å². The Bertz CT molecular complexity index is 2590. The van der Waals surface area contributed by atoms with Crippen LogP contribution in [0.4, 0.5) is 0 Å². The van der Waals surface area contributed by atoms with Crippen molar-refractivity contribution in [1.29, 1.82) is 0 Å².